The Balaban J connectivity index is 1.63. The zero-order valence-electron chi connectivity index (χ0n) is 12.8. The summed E-state index contributed by atoms with van der Waals surface area (Å²) in [6.07, 6.45) is 0. The summed E-state index contributed by atoms with van der Waals surface area (Å²) in [5.41, 5.74) is 1.87. The Hall–Kier alpha value is -1.29. The molecule has 5 nitrogen and oxygen atoms in total. The molecule has 0 aliphatic heterocycles. The van der Waals surface area contributed by atoms with Crippen LogP contribution in [-0.2, 0) is 4.79 Å². The highest BCUT2D eigenvalue weighted by atomic mass is 79.9. The van der Waals surface area contributed by atoms with Crippen LogP contribution < -0.4 is 5.32 Å². The van der Waals surface area contributed by atoms with Gasteiger partial charge in [0.1, 0.15) is 5.01 Å². The molecule has 9 heteroatoms. The lowest BCUT2D eigenvalue weighted by Crippen LogP contribution is -2.22. The predicted molar refractivity (Wildman–Crippen MR) is 104 cm³/mol. The minimum Gasteiger partial charge on any atom is -0.301 e. The molecule has 1 N–H and O–H groups in total. The Bertz CT molecular complexity index is 847. The van der Waals surface area contributed by atoms with Crippen molar-refractivity contribution in [3.63, 3.8) is 0 Å². The molecule has 3 rings (SSSR count). The van der Waals surface area contributed by atoms with Crippen LogP contribution in [0.25, 0.3) is 11.3 Å². The molecule has 0 fully saturated rings. The van der Waals surface area contributed by atoms with E-state index in [1.165, 1.54) is 34.4 Å². The van der Waals surface area contributed by atoms with E-state index in [-0.39, 0.29) is 11.2 Å². The Morgan fingerprint density at radius 1 is 1.29 bits per heavy atom. The zero-order valence-corrected chi connectivity index (χ0v) is 16.9. The van der Waals surface area contributed by atoms with Crippen LogP contribution in [0.4, 0.5) is 5.13 Å². The fraction of sp³-hybridized carbons (Fsp3) is 0.200. The summed E-state index contributed by atoms with van der Waals surface area (Å²) in [4.78, 5) is 16.8. The molecule has 2 heterocycles. The van der Waals surface area contributed by atoms with Gasteiger partial charge in [0.05, 0.1) is 10.9 Å². The van der Waals surface area contributed by atoms with Crippen LogP contribution >= 0.6 is 50.4 Å². The van der Waals surface area contributed by atoms with Crippen LogP contribution in [-0.4, -0.2) is 26.3 Å². The number of hydrogen-bond acceptors (Lipinski definition) is 7. The van der Waals surface area contributed by atoms with E-state index in [4.69, 9.17) is 0 Å². The van der Waals surface area contributed by atoms with Gasteiger partial charge in [0.25, 0.3) is 0 Å². The molecule has 124 valence electrons. The normalized spacial score (nSPS) is 12.1. The molecule has 1 atom stereocenters. The number of hydrogen-bond donors (Lipinski definition) is 1. The number of benzene rings is 1. The van der Waals surface area contributed by atoms with Crippen molar-refractivity contribution in [2.45, 2.75) is 23.4 Å². The number of thioether (sulfide) groups is 1. The van der Waals surface area contributed by atoms with Gasteiger partial charge in [-0.2, -0.15) is 0 Å². The summed E-state index contributed by atoms with van der Waals surface area (Å²) in [6.45, 7) is 3.74. The Labute approximate surface area is 160 Å². The average molecular weight is 441 g/mol. The number of aromatic nitrogens is 3. The van der Waals surface area contributed by atoms with Gasteiger partial charge >= 0.3 is 0 Å². The van der Waals surface area contributed by atoms with E-state index in [9.17, 15) is 4.79 Å². The molecule has 1 aromatic carbocycles. The largest absolute Gasteiger partial charge is 0.301 e. The Morgan fingerprint density at radius 3 is 2.71 bits per heavy atom. The highest BCUT2D eigenvalue weighted by Crippen LogP contribution is 2.29. The first-order chi connectivity index (χ1) is 11.5. The van der Waals surface area contributed by atoms with Gasteiger partial charge in [-0.15, -0.1) is 21.5 Å². The summed E-state index contributed by atoms with van der Waals surface area (Å²) >= 11 is 7.72. The van der Waals surface area contributed by atoms with E-state index >= 15 is 0 Å². The highest BCUT2D eigenvalue weighted by Gasteiger charge is 2.18. The average Bonchev–Trinajstić information content (AvgIpc) is 3.17. The SMILES string of the molecule is Cc1nnc(SC(C)C(=O)Nc2nc(-c3ccc(Br)cc3)cs2)s1. The second-order valence-electron chi connectivity index (χ2n) is 4.88. The number of thiazole rings is 1. The molecule has 0 saturated heterocycles. The van der Waals surface area contributed by atoms with E-state index in [2.05, 4.69) is 36.4 Å². The van der Waals surface area contributed by atoms with E-state index in [0.717, 1.165) is 25.1 Å². The first kappa shape index (κ1) is 17.5. The number of carbonyl (C=O) groups is 1. The van der Waals surface area contributed by atoms with E-state index in [0.29, 0.717) is 5.13 Å². The fourth-order valence-electron chi connectivity index (χ4n) is 1.82. The lowest BCUT2D eigenvalue weighted by molar-refractivity contribution is -0.115. The molecule has 2 aromatic heterocycles. The van der Waals surface area contributed by atoms with Crippen molar-refractivity contribution in [3.8, 4) is 11.3 Å². The molecule has 0 aliphatic carbocycles. The van der Waals surface area contributed by atoms with E-state index < -0.39 is 0 Å². The number of rotatable bonds is 5. The number of anilines is 1. The van der Waals surface area contributed by atoms with Gasteiger partial charge in [0.15, 0.2) is 9.47 Å². The molecule has 0 radical (unpaired) electrons. The summed E-state index contributed by atoms with van der Waals surface area (Å²) in [6, 6.07) is 7.91. The Kier molecular flexibility index (Phi) is 5.65. The van der Waals surface area contributed by atoms with E-state index in [1.807, 2.05) is 43.5 Å². The van der Waals surface area contributed by atoms with Crippen molar-refractivity contribution < 1.29 is 4.79 Å². The maximum absolute atomic E-state index is 12.3. The number of nitrogens with one attached hydrogen (secondary N) is 1. The summed E-state index contributed by atoms with van der Waals surface area (Å²) in [5, 5.41) is 14.0. The lowest BCUT2D eigenvalue weighted by Gasteiger charge is -2.07. The van der Waals surface area contributed by atoms with Gasteiger partial charge in [0, 0.05) is 15.4 Å². The minimum absolute atomic E-state index is 0.0930. The van der Waals surface area contributed by atoms with Crippen LogP contribution in [0, 0.1) is 6.92 Å². The molecular weight excluding hydrogens is 428 g/mol. The maximum atomic E-state index is 12.3. The minimum atomic E-state index is -0.266. The molecule has 1 unspecified atom stereocenters. The van der Waals surface area contributed by atoms with E-state index in [1.54, 1.807) is 0 Å². The molecule has 24 heavy (non-hydrogen) atoms. The predicted octanol–water partition coefficient (Wildman–Crippen LogP) is 4.85. The van der Waals surface area contributed by atoms with Gasteiger partial charge < -0.3 is 5.32 Å². The van der Waals surface area contributed by atoms with Crippen molar-refractivity contribution in [1.29, 1.82) is 0 Å². The third-order valence-electron chi connectivity index (χ3n) is 3.03. The number of halogens is 1. The first-order valence-electron chi connectivity index (χ1n) is 7.00. The zero-order chi connectivity index (χ0) is 17.1. The number of aryl methyl sites for hydroxylation is 1. The summed E-state index contributed by atoms with van der Waals surface area (Å²) in [7, 11) is 0. The second-order valence-corrected chi connectivity index (χ2v) is 9.42. The van der Waals surface area contributed by atoms with Gasteiger partial charge in [-0.25, -0.2) is 4.98 Å². The Morgan fingerprint density at radius 2 is 2.04 bits per heavy atom. The van der Waals surface area contributed by atoms with Crippen LogP contribution in [0.5, 0.6) is 0 Å². The van der Waals surface area contributed by atoms with Crippen LogP contribution in [0.2, 0.25) is 0 Å². The third-order valence-corrected chi connectivity index (χ3v) is 6.34. The van der Waals surface area contributed by atoms with Crippen LogP contribution in [0.15, 0.2) is 38.5 Å². The number of carbonyl (C=O) groups excluding carboxylic acids is 1. The topological polar surface area (TPSA) is 67.8 Å². The maximum Gasteiger partial charge on any atom is 0.239 e. The molecule has 1 amide bonds. The monoisotopic (exact) mass is 440 g/mol. The van der Waals surface area contributed by atoms with Crippen molar-refractivity contribution in [1.82, 2.24) is 15.2 Å². The van der Waals surface area contributed by atoms with Crippen LogP contribution in [0.1, 0.15) is 11.9 Å². The second kappa shape index (κ2) is 7.73. The van der Waals surface area contributed by atoms with Gasteiger partial charge in [0.2, 0.25) is 5.91 Å². The number of nitrogens with zero attached hydrogens (tertiary/aromatic N) is 3. The summed E-state index contributed by atoms with van der Waals surface area (Å²) < 4.78 is 1.82. The van der Waals surface area contributed by atoms with Gasteiger partial charge in [-0.3, -0.25) is 4.79 Å². The third kappa shape index (κ3) is 4.41. The quantitative estimate of drug-likeness (QED) is 0.574. The van der Waals surface area contributed by atoms with Crippen LogP contribution in [0.3, 0.4) is 0 Å². The lowest BCUT2D eigenvalue weighted by atomic mass is 10.2. The molecule has 0 bridgehead atoms. The van der Waals surface area contributed by atoms with Crippen molar-refractivity contribution in [2.75, 3.05) is 5.32 Å². The standard InChI is InChI=1S/C15H13BrN4OS3/c1-8(23-15-20-19-9(2)24-15)13(21)18-14-17-12(7-22-14)10-3-5-11(16)6-4-10/h3-8H,1-2H3,(H,17,18,21). The first-order valence-corrected chi connectivity index (χ1v) is 10.4. The molecule has 3 aromatic rings. The molecule has 0 spiro atoms. The fourth-order valence-corrected chi connectivity index (χ4v) is 4.77. The van der Waals surface area contributed by atoms with Gasteiger partial charge in [-0.1, -0.05) is 51.2 Å². The van der Waals surface area contributed by atoms with Crippen molar-refractivity contribution >= 4 is 61.4 Å². The van der Waals surface area contributed by atoms with Gasteiger partial charge in [-0.05, 0) is 26.0 Å². The molecule has 0 saturated carbocycles. The smallest absolute Gasteiger partial charge is 0.239 e. The molecular formula is C15H13BrN4OS3. The van der Waals surface area contributed by atoms with Crippen molar-refractivity contribution in [3.05, 3.63) is 39.1 Å². The number of amides is 1. The van der Waals surface area contributed by atoms with Crippen molar-refractivity contribution in [2.24, 2.45) is 0 Å². The highest BCUT2D eigenvalue weighted by molar-refractivity contribution is 9.10. The molecule has 0 aliphatic rings. The summed E-state index contributed by atoms with van der Waals surface area (Å²) in [5.74, 6) is -0.0930.